The molecule has 0 spiro atoms. The monoisotopic (exact) mass is 269 g/mol. The molecule has 1 unspecified atom stereocenters. The lowest BCUT2D eigenvalue weighted by atomic mass is 9.83. The minimum atomic E-state index is 0.491. The zero-order valence-corrected chi connectivity index (χ0v) is 12.4. The Morgan fingerprint density at radius 3 is 3.00 bits per heavy atom. The van der Waals surface area contributed by atoms with Crippen LogP contribution in [0.4, 0.5) is 0 Å². The number of nitrogens with one attached hydrogen (secondary N) is 1. The van der Waals surface area contributed by atoms with Gasteiger partial charge in [-0.25, -0.2) is 0 Å². The van der Waals surface area contributed by atoms with Crippen molar-refractivity contribution >= 4 is 0 Å². The van der Waals surface area contributed by atoms with Crippen molar-refractivity contribution in [2.45, 2.75) is 38.6 Å². The van der Waals surface area contributed by atoms with Crippen molar-refractivity contribution in [3.05, 3.63) is 41.6 Å². The maximum Gasteiger partial charge on any atom is 0.0682 e. The summed E-state index contributed by atoms with van der Waals surface area (Å²) in [5.74, 6) is 0. The van der Waals surface area contributed by atoms with Gasteiger partial charge in [0, 0.05) is 24.8 Å². The first kappa shape index (κ1) is 13.4. The van der Waals surface area contributed by atoms with Gasteiger partial charge in [-0.15, -0.1) is 0 Å². The van der Waals surface area contributed by atoms with Crippen LogP contribution in [0.1, 0.15) is 43.4 Å². The summed E-state index contributed by atoms with van der Waals surface area (Å²) >= 11 is 0. The Bertz CT molecular complexity index is 586. The molecule has 1 aliphatic carbocycles. The zero-order chi connectivity index (χ0) is 13.9. The van der Waals surface area contributed by atoms with E-state index in [-0.39, 0.29) is 0 Å². The Labute approximate surface area is 121 Å². The van der Waals surface area contributed by atoms with Crippen molar-refractivity contribution in [2.24, 2.45) is 7.05 Å². The van der Waals surface area contributed by atoms with Crippen LogP contribution >= 0.6 is 0 Å². The molecular formula is C17H23N3. The average molecular weight is 269 g/mol. The Balaban J connectivity index is 2.06. The fourth-order valence-electron chi connectivity index (χ4n) is 3.27. The minimum Gasteiger partial charge on any atom is -0.310 e. The van der Waals surface area contributed by atoms with Crippen LogP contribution in [0.15, 0.2) is 30.5 Å². The topological polar surface area (TPSA) is 29.9 Å². The third-order valence-corrected chi connectivity index (χ3v) is 4.22. The van der Waals surface area contributed by atoms with Crippen LogP contribution in [0.2, 0.25) is 0 Å². The summed E-state index contributed by atoms with van der Waals surface area (Å²) in [7, 11) is 2.02. The van der Waals surface area contributed by atoms with E-state index >= 15 is 0 Å². The largest absolute Gasteiger partial charge is 0.310 e. The Hall–Kier alpha value is -1.61. The highest BCUT2D eigenvalue weighted by atomic mass is 15.3. The number of rotatable bonds is 4. The van der Waals surface area contributed by atoms with E-state index in [1.165, 1.54) is 48.1 Å². The molecule has 3 rings (SSSR count). The van der Waals surface area contributed by atoms with Gasteiger partial charge < -0.3 is 5.32 Å². The summed E-state index contributed by atoms with van der Waals surface area (Å²) in [5, 5.41) is 8.04. The summed E-state index contributed by atoms with van der Waals surface area (Å²) in [6.07, 6.45) is 6.78. The normalized spacial score (nSPS) is 18.0. The fourth-order valence-corrected chi connectivity index (χ4v) is 3.27. The first-order valence-electron chi connectivity index (χ1n) is 7.64. The van der Waals surface area contributed by atoms with Crippen LogP contribution in [-0.2, 0) is 13.5 Å². The molecule has 0 saturated heterocycles. The Morgan fingerprint density at radius 1 is 1.35 bits per heavy atom. The van der Waals surface area contributed by atoms with E-state index in [4.69, 9.17) is 0 Å². The van der Waals surface area contributed by atoms with Gasteiger partial charge in [0.05, 0.1) is 5.69 Å². The molecule has 1 atom stereocenters. The summed E-state index contributed by atoms with van der Waals surface area (Å²) in [6, 6.07) is 9.31. The van der Waals surface area contributed by atoms with E-state index in [0.29, 0.717) is 6.04 Å². The van der Waals surface area contributed by atoms with Gasteiger partial charge in [0.15, 0.2) is 0 Å². The first-order valence-corrected chi connectivity index (χ1v) is 7.64. The number of hydrogen-bond acceptors (Lipinski definition) is 2. The minimum absolute atomic E-state index is 0.491. The molecule has 106 valence electrons. The second kappa shape index (κ2) is 5.80. The summed E-state index contributed by atoms with van der Waals surface area (Å²) in [4.78, 5) is 0. The standard InChI is InChI=1S/C17H23N3/c1-3-11-18-15-9-5-7-13-6-4-8-14(17(13)15)16-10-12-19-20(16)2/h4,6,8,10,12,15,18H,3,5,7,9,11H2,1-2H3. The lowest BCUT2D eigenvalue weighted by Crippen LogP contribution is -2.26. The van der Waals surface area contributed by atoms with Gasteiger partial charge in [0.1, 0.15) is 0 Å². The Morgan fingerprint density at radius 2 is 2.25 bits per heavy atom. The molecule has 1 aromatic carbocycles. The lowest BCUT2D eigenvalue weighted by Gasteiger charge is -2.29. The van der Waals surface area contributed by atoms with E-state index in [0.717, 1.165) is 6.54 Å². The van der Waals surface area contributed by atoms with Gasteiger partial charge in [-0.3, -0.25) is 4.68 Å². The highest BCUT2D eigenvalue weighted by Gasteiger charge is 2.23. The average Bonchev–Trinajstić information content (AvgIpc) is 2.90. The van der Waals surface area contributed by atoms with Crippen LogP contribution < -0.4 is 5.32 Å². The van der Waals surface area contributed by atoms with Crippen LogP contribution in [0, 0.1) is 0 Å². The molecule has 0 saturated carbocycles. The van der Waals surface area contributed by atoms with Crippen molar-refractivity contribution in [3.63, 3.8) is 0 Å². The van der Waals surface area contributed by atoms with E-state index in [9.17, 15) is 0 Å². The highest BCUT2D eigenvalue weighted by Crippen LogP contribution is 2.37. The highest BCUT2D eigenvalue weighted by molar-refractivity contribution is 5.67. The maximum atomic E-state index is 4.33. The van der Waals surface area contributed by atoms with Crippen LogP contribution in [0.3, 0.4) is 0 Å². The molecule has 0 aliphatic heterocycles. The number of nitrogens with zero attached hydrogens (tertiary/aromatic N) is 2. The van der Waals surface area contributed by atoms with Crippen molar-refractivity contribution < 1.29 is 0 Å². The van der Waals surface area contributed by atoms with Gasteiger partial charge in [0.2, 0.25) is 0 Å². The number of benzene rings is 1. The smallest absolute Gasteiger partial charge is 0.0682 e. The van der Waals surface area contributed by atoms with Crippen molar-refractivity contribution in [1.29, 1.82) is 0 Å². The molecule has 3 nitrogen and oxygen atoms in total. The predicted molar refractivity (Wildman–Crippen MR) is 82.6 cm³/mol. The quantitative estimate of drug-likeness (QED) is 0.921. The van der Waals surface area contributed by atoms with E-state index in [1.807, 2.05) is 17.9 Å². The third kappa shape index (κ3) is 2.38. The molecule has 2 aromatic rings. The molecule has 3 heteroatoms. The Kier molecular flexibility index (Phi) is 3.88. The van der Waals surface area contributed by atoms with Gasteiger partial charge in [-0.05, 0) is 49.4 Å². The van der Waals surface area contributed by atoms with Crippen molar-refractivity contribution in [2.75, 3.05) is 6.54 Å². The second-order valence-corrected chi connectivity index (χ2v) is 5.62. The lowest BCUT2D eigenvalue weighted by molar-refractivity contribution is 0.461. The first-order chi connectivity index (χ1) is 9.81. The number of hydrogen-bond donors (Lipinski definition) is 1. The van der Waals surface area contributed by atoms with Gasteiger partial charge in [0.25, 0.3) is 0 Å². The van der Waals surface area contributed by atoms with Crippen molar-refractivity contribution in [3.8, 4) is 11.3 Å². The summed E-state index contributed by atoms with van der Waals surface area (Å²) in [6.45, 7) is 3.31. The molecule has 0 bridgehead atoms. The second-order valence-electron chi connectivity index (χ2n) is 5.62. The maximum absolute atomic E-state index is 4.33. The molecule has 0 amide bonds. The van der Waals surface area contributed by atoms with E-state index < -0.39 is 0 Å². The zero-order valence-electron chi connectivity index (χ0n) is 12.4. The van der Waals surface area contributed by atoms with Crippen molar-refractivity contribution in [1.82, 2.24) is 15.1 Å². The van der Waals surface area contributed by atoms with Crippen LogP contribution in [0.25, 0.3) is 11.3 Å². The molecule has 0 fully saturated rings. The van der Waals surface area contributed by atoms with Crippen LogP contribution in [-0.4, -0.2) is 16.3 Å². The summed E-state index contributed by atoms with van der Waals surface area (Å²) < 4.78 is 1.97. The fraction of sp³-hybridized carbons (Fsp3) is 0.471. The molecule has 1 aliphatic rings. The summed E-state index contributed by atoms with van der Waals surface area (Å²) in [5.41, 5.74) is 5.56. The third-order valence-electron chi connectivity index (χ3n) is 4.22. The predicted octanol–water partition coefficient (Wildman–Crippen LogP) is 3.46. The SMILES string of the molecule is CCCNC1CCCc2cccc(-c3ccnn3C)c21. The number of fused-ring (bicyclic) bond motifs is 1. The number of aromatic nitrogens is 2. The molecule has 0 radical (unpaired) electrons. The van der Waals surface area contributed by atoms with Crippen LogP contribution in [0.5, 0.6) is 0 Å². The van der Waals surface area contributed by atoms with Gasteiger partial charge in [-0.1, -0.05) is 25.1 Å². The molecule has 1 aromatic heterocycles. The molecular weight excluding hydrogens is 246 g/mol. The van der Waals surface area contributed by atoms with Gasteiger partial charge >= 0.3 is 0 Å². The van der Waals surface area contributed by atoms with E-state index in [2.05, 4.69) is 41.6 Å². The molecule has 1 heterocycles. The van der Waals surface area contributed by atoms with Gasteiger partial charge in [-0.2, -0.15) is 5.10 Å². The molecule has 1 N–H and O–H groups in total. The molecule has 20 heavy (non-hydrogen) atoms. The number of aryl methyl sites for hydroxylation is 2. The van der Waals surface area contributed by atoms with E-state index in [1.54, 1.807) is 0 Å².